The molecule has 27 heavy (non-hydrogen) atoms. The van der Waals surface area contributed by atoms with Crippen LogP contribution < -0.4 is 0 Å². The lowest BCUT2D eigenvalue weighted by Crippen LogP contribution is -2.02. The van der Waals surface area contributed by atoms with E-state index in [1.165, 1.54) is 23.8 Å². The van der Waals surface area contributed by atoms with Crippen molar-refractivity contribution in [3.63, 3.8) is 0 Å². The van der Waals surface area contributed by atoms with Crippen molar-refractivity contribution in [1.29, 1.82) is 0 Å². The first-order valence-corrected chi connectivity index (χ1v) is 9.19. The Morgan fingerprint density at radius 3 is 2.41 bits per heavy atom. The van der Waals surface area contributed by atoms with Crippen LogP contribution in [-0.4, -0.2) is 24.0 Å². The van der Waals surface area contributed by atoms with Crippen LogP contribution in [-0.2, 0) is 38.5 Å². The van der Waals surface area contributed by atoms with Crippen molar-refractivity contribution in [2.45, 2.75) is 53.1 Å². The van der Waals surface area contributed by atoms with E-state index in [1.807, 2.05) is 12.1 Å². The number of pyridine rings is 1. The SMILES string of the molecule is CCC(=O)OCc1cccnc1.CCc1ccc(CCC(=O)OC)cc1C. The molecule has 0 fully saturated rings. The minimum atomic E-state index is -0.182. The van der Waals surface area contributed by atoms with Crippen molar-refractivity contribution in [3.05, 3.63) is 65.0 Å². The average Bonchev–Trinajstić information content (AvgIpc) is 2.71. The van der Waals surface area contributed by atoms with Crippen LogP contribution in [0.1, 0.15) is 48.9 Å². The summed E-state index contributed by atoms with van der Waals surface area (Å²) >= 11 is 0. The highest BCUT2D eigenvalue weighted by Gasteiger charge is 2.03. The summed E-state index contributed by atoms with van der Waals surface area (Å²) in [5.74, 6) is -0.328. The maximum atomic E-state index is 11.0. The number of rotatable bonds is 7. The van der Waals surface area contributed by atoms with E-state index in [0.717, 1.165) is 18.4 Å². The fourth-order valence-corrected chi connectivity index (χ4v) is 2.41. The van der Waals surface area contributed by atoms with Crippen molar-refractivity contribution in [2.24, 2.45) is 0 Å². The Bertz CT molecular complexity index is 714. The van der Waals surface area contributed by atoms with Crippen LogP contribution in [0.2, 0.25) is 0 Å². The van der Waals surface area contributed by atoms with Gasteiger partial charge in [0.15, 0.2) is 0 Å². The van der Waals surface area contributed by atoms with E-state index >= 15 is 0 Å². The molecule has 0 unspecified atom stereocenters. The maximum absolute atomic E-state index is 11.0. The molecule has 0 N–H and O–H groups in total. The van der Waals surface area contributed by atoms with Crippen LogP contribution in [0.4, 0.5) is 0 Å². The largest absolute Gasteiger partial charge is 0.469 e. The van der Waals surface area contributed by atoms with E-state index in [4.69, 9.17) is 4.74 Å². The van der Waals surface area contributed by atoms with E-state index < -0.39 is 0 Å². The molecule has 0 radical (unpaired) electrons. The van der Waals surface area contributed by atoms with E-state index in [2.05, 4.69) is 41.8 Å². The lowest BCUT2D eigenvalue weighted by atomic mass is 10.0. The van der Waals surface area contributed by atoms with Crippen LogP contribution in [0, 0.1) is 6.92 Å². The normalized spacial score (nSPS) is 9.78. The van der Waals surface area contributed by atoms with Gasteiger partial charge in [0.25, 0.3) is 0 Å². The second-order valence-corrected chi connectivity index (χ2v) is 6.07. The topological polar surface area (TPSA) is 65.5 Å². The van der Waals surface area contributed by atoms with Crippen molar-refractivity contribution < 1.29 is 19.1 Å². The van der Waals surface area contributed by atoms with Crippen molar-refractivity contribution in [3.8, 4) is 0 Å². The third kappa shape index (κ3) is 8.99. The van der Waals surface area contributed by atoms with E-state index in [0.29, 0.717) is 19.4 Å². The highest BCUT2D eigenvalue weighted by Crippen LogP contribution is 2.13. The number of ether oxygens (including phenoxy) is 2. The Kier molecular flexibility index (Phi) is 10.5. The molecule has 1 aromatic heterocycles. The Morgan fingerprint density at radius 1 is 1.07 bits per heavy atom. The summed E-state index contributed by atoms with van der Waals surface area (Å²) in [5.41, 5.74) is 4.80. The number of benzene rings is 1. The van der Waals surface area contributed by atoms with Gasteiger partial charge in [-0.1, -0.05) is 38.1 Å². The Morgan fingerprint density at radius 2 is 1.85 bits per heavy atom. The summed E-state index contributed by atoms with van der Waals surface area (Å²) in [6.07, 6.45) is 6.07. The standard InChI is InChI=1S/C13H18O2.C9H11NO2/c1-4-12-7-5-11(9-10(12)2)6-8-13(14)15-3;1-2-9(11)12-7-8-4-3-5-10-6-8/h5,7,9H,4,6,8H2,1-3H3;3-6H,2,7H2,1H3. The minimum Gasteiger partial charge on any atom is -0.469 e. The zero-order valence-electron chi connectivity index (χ0n) is 16.7. The fourth-order valence-electron chi connectivity index (χ4n) is 2.41. The van der Waals surface area contributed by atoms with Crippen LogP contribution in [0.3, 0.4) is 0 Å². The molecule has 0 saturated heterocycles. The van der Waals surface area contributed by atoms with Gasteiger partial charge in [0.05, 0.1) is 7.11 Å². The highest BCUT2D eigenvalue weighted by molar-refractivity contribution is 5.69. The molecular weight excluding hydrogens is 342 g/mol. The van der Waals surface area contributed by atoms with Crippen LogP contribution in [0.15, 0.2) is 42.7 Å². The second-order valence-electron chi connectivity index (χ2n) is 6.07. The summed E-state index contributed by atoms with van der Waals surface area (Å²) in [6.45, 7) is 6.35. The Hall–Kier alpha value is -2.69. The molecule has 0 aliphatic heterocycles. The van der Waals surface area contributed by atoms with Crippen LogP contribution in [0.5, 0.6) is 0 Å². The minimum absolute atomic E-state index is 0.146. The van der Waals surface area contributed by atoms with Crippen molar-refractivity contribution in [2.75, 3.05) is 7.11 Å². The van der Waals surface area contributed by atoms with Crippen molar-refractivity contribution >= 4 is 11.9 Å². The fraction of sp³-hybridized carbons (Fsp3) is 0.409. The van der Waals surface area contributed by atoms with Crippen molar-refractivity contribution in [1.82, 2.24) is 4.98 Å². The smallest absolute Gasteiger partial charge is 0.305 e. The zero-order chi connectivity index (χ0) is 20.1. The first-order valence-electron chi connectivity index (χ1n) is 9.19. The van der Waals surface area contributed by atoms with Crippen LogP contribution in [0.25, 0.3) is 0 Å². The molecule has 2 rings (SSSR count). The summed E-state index contributed by atoms with van der Waals surface area (Å²) < 4.78 is 9.51. The van der Waals surface area contributed by atoms with Gasteiger partial charge in [0, 0.05) is 30.8 Å². The molecule has 5 heteroatoms. The van der Waals surface area contributed by atoms with Gasteiger partial charge >= 0.3 is 11.9 Å². The number of carbonyl (C=O) groups excluding carboxylic acids is 2. The molecule has 2 aromatic rings. The van der Waals surface area contributed by atoms with E-state index in [1.54, 1.807) is 19.3 Å². The summed E-state index contributed by atoms with van der Waals surface area (Å²) in [4.78, 5) is 25.6. The molecule has 0 saturated carbocycles. The van der Waals surface area contributed by atoms with Gasteiger partial charge in [-0.25, -0.2) is 0 Å². The molecule has 0 aliphatic rings. The van der Waals surface area contributed by atoms with Crippen LogP contribution >= 0.6 is 0 Å². The van der Waals surface area contributed by atoms with Gasteiger partial charge in [-0.3, -0.25) is 14.6 Å². The number of aryl methyl sites for hydroxylation is 3. The highest BCUT2D eigenvalue weighted by atomic mass is 16.5. The quantitative estimate of drug-likeness (QED) is 0.683. The van der Waals surface area contributed by atoms with Gasteiger partial charge in [0.2, 0.25) is 0 Å². The third-order valence-electron chi connectivity index (χ3n) is 4.04. The monoisotopic (exact) mass is 371 g/mol. The number of carbonyl (C=O) groups is 2. The molecule has 5 nitrogen and oxygen atoms in total. The lowest BCUT2D eigenvalue weighted by molar-refractivity contribution is -0.144. The number of methoxy groups -OCH3 is 1. The zero-order valence-corrected chi connectivity index (χ0v) is 16.7. The van der Waals surface area contributed by atoms with Gasteiger partial charge in [-0.2, -0.15) is 0 Å². The molecule has 0 spiro atoms. The molecule has 0 bridgehead atoms. The van der Waals surface area contributed by atoms with Gasteiger partial charge in [-0.05, 0) is 42.5 Å². The number of esters is 2. The molecule has 0 amide bonds. The Labute approximate surface area is 161 Å². The Balaban J connectivity index is 0.000000277. The molecular formula is C22H29NO4. The third-order valence-corrected chi connectivity index (χ3v) is 4.04. The maximum Gasteiger partial charge on any atom is 0.305 e. The number of hydrogen-bond donors (Lipinski definition) is 0. The molecule has 1 aromatic carbocycles. The van der Waals surface area contributed by atoms with Gasteiger partial charge in [0.1, 0.15) is 6.61 Å². The predicted molar refractivity (Wildman–Crippen MR) is 105 cm³/mol. The second kappa shape index (κ2) is 12.6. The number of nitrogens with zero attached hydrogens (tertiary/aromatic N) is 1. The molecule has 146 valence electrons. The predicted octanol–water partition coefficient (Wildman–Crippen LogP) is 4.20. The van der Waals surface area contributed by atoms with Gasteiger partial charge < -0.3 is 9.47 Å². The summed E-state index contributed by atoms with van der Waals surface area (Å²) in [7, 11) is 1.42. The number of aromatic nitrogens is 1. The van der Waals surface area contributed by atoms with E-state index in [-0.39, 0.29) is 11.9 Å². The average molecular weight is 371 g/mol. The molecule has 0 aliphatic carbocycles. The first-order chi connectivity index (χ1) is 13.0. The first kappa shape index (κ1) is 22.4. The van der Waals surface area contributed by atoms with E-state index in [9.17, 15) is 9.59 Å². The lowest BCUT2D eigenvalue weighted by Gasteiger charge is -2.06. The summed E-state index contributed by atoms with van der Waals surface area (Å²) in [5, 5.41) is 0. The van der Waals surface area contributed by atoms with Gasteiger partial charge in [-0.15, -0.1) is 0 Å². The number of hydrogen-bond acceptors (Lipinski definition) is 5. The molecule has 0 atom stereocenters. The summed E-state index contributed by atoms with van der Waals surface area (Å²) in [6, 6.07) is 10.1. The molecule has 1 heterocycles.